The summed E-state index contributed by atoms with van der Waals surface area (Å²) in [6.45, 7) is 13.2. The van der Waals surface area contributed by atoms with E-state index in [0.29, 0.717) is 5.41 Å². The van der Waals surface area contributed by atoms with E-state index in [1.807, 2.05) is 27.7 Å². The van der Waals surface area contributed by atoms with Gasteiger partial charge < -0.3 is 0 Å². The van der Waals surface area contributed by atoms with E-state index in [9.17, 15) is 0 Å². The molecule has 4 aliphatic rings. The van der Waals surface area contributed by atoms with Crippen molar-refractivity contribution in [1.29, 1.82) is 0 Å². The Morgan fingerprint density at radius 3 is 1.62 bits per heavy atom. The fraction of sp³-hybridized carbons (Fsp3) is 1.00. The standard InChI is InChI=1S/C30H54.2C2H6/c1-3-4-13-23-30(2,26-19-9-6-10-20-26)28-22-14-21-27(28)29(25-17-11-12-18-25)24-15-7-5-8-16-24;2*1-2/h24-29H,3-23H2,1-2H3;2*1-2H3. The predicted octanol–water partition coefficient (Wildman–Crippen LogP) is 12.0. The van der Waals surface area contributed by atoms with Crippen LogP contribution in [0.25, 0.3) is 0 Å². The van der Waals surface area contributed by atoms with E-state index in [0.717, 1.165) is 35.5 Å². The van der Waals surface area contributed by atoms with E-state index < -0.39 is 0 Å². The highest BCUT2D eigenvalue weighted by molar-refractivity contribution is 5.00. The molecule has 0 aromatic heterocycles. The van der Waals surface area contributed by atoms with Crippen LogP contribution in [0, 0.1) is 40.9 Å². The zero-order valence-electron chi connectivity index (χ0n) is 24.8. The number of unbranched alkanes of at least 4 members (excludes halogenated alkanes) is 2. The summed E-state index contributed by atoms with van der Waals surface area (Å²) in [6.07, 6.45) is 32.4. The van der Waals surface area contributed by atoms with Gasteiger partial charge in [0, 0.05) is 0 Å². The molecule has 34 heavy (non-hydrogen) atoms. The topological polar surface area (TPSA) is 0 Å². The third-order valence-corrected chi connectivity index (χ3v) is 10.9. The van der Waals surface area contributed by atoms with E-state index in [1.165, 1.54) is 44.9 Å². The van der Waals surface area contributed by atoms with Gasteiger partial charge in [-0.3, -0.25) is 0 Å². The molecule has 4 atom stereocenters. The van der Waals surface area contributed by atoms with Crippen molar-refractivity contribution in [2.24, 2.45) is 40.9 Å². The van der Waals surface area contributed by atoms with Crippen molar-refractivity contribution < 1.29 is 0 Å². The fourth-order valence-electron chi connectivity index (χ4n) is 9.42. The Balaban J connectivity index is 0.000000970. The SMILES string of the molecule is CC.CC.CCCCCC(C)(C1CCCCC1)C1CCCC1C(C1CCCCC1)C1CCCC1. The third-order valence-electron chi connectivity index (χ3n) is 10.9. The lowest BCUT2D eigenvalue weighted by Gasteiger charge is -2.50. The van der Waals surface area contributed by atoms with E-state index in [1.54, 1.807) is 89.9 Å². The lowest BCUT2D eigenvalue weighted by molar-refractivity contribution is -0.0140. The molecule has 0 aliphatic heterocycles. The maximum Gasteiger partial charge on any atom is -0.0266 e. The molecule has 0 aromatic rings. The first-order chi connectivity index (χ1) is 16.7. The van der Waals surface area contributed by atoms with Crippen LogP contribution >= 0.6 is 0 Å². The Kier molecular flexibility index (Phi) is 14.8. The second-order valence-corrected chi connectivity index (χ2v) is 12.5. The lowest BCUT2D eigenvalue weighted by atomic mass is 9.54. The van der Waals surface area contributed by atoms with Crippen molar-refractivity contribution in [2.45, 2.75) is 176 Å². The van der Waals surface area contributed by atoms with Crippen LogP contribution in [0.3, 0.4) is 0 Å². The van der Waals surface area contributed by atoms with Gasteiger partial charge in [0.25, 0.3) is 0 Å². The molecule has 4 fully saturated rings. The Bertz CT molecular complexity index is 476. The normalized spacial score (nSPS) is 29.5. The van der Waals surface area contributed by atoms with Gasteiger partial charge in [-0.2, -0.15) is 0 Å². The molecule has 0 radical (unpaired) electrons. The number of rotatable bonds is 9. The maximum absolute atomic E-state index is 2.83. The van der Waals surface area contributed by atoms with Gasteiger partial charge in [-0.15, -0.1) is 0 Å². The van der Waals surface area contributed by atoms with Gasteiger partial charge in [-0.25, -0.2) is 0 Å². The van der Waals surface area contributed by atoms with E-state index in [4.69, 9.17) is 0 Å². The van der Waals surface area contributed by atoms with Gasteiger partial charge in [0.2, 0.25) is 0 Å². The quantitative estimate of drug-likeness (QED) is 0.291. The Hall–Kier alpha value is 0. The Labute approximate surface area is 217 Å². The van der Waals surface area contributed by atoms with Gasteiger partial charge in [-0.1, -0.05) is 144 Å². The molecule has 0 heterocycles. The summed E-state index contributed by atoms with van der Waals surface area (Å²) >= 11 is 0. The summed E-state index contributed by atoms with van der Waals surface area (Å²) in [5.41, 5.74) is 0.655. The zero-order chi connectivity index (χ0) is 24.8. The average molecular weight is 475 g/mol. The largest absolute Gasteiger partial charge is 0.0683 e. The molecule has 0 saturated heterocycles. The Morgan fingerprint density at radius 1 is 0.588 bits per heavy atom. The maximum atomic E-state index is 2.83. The molecule has 4 unspecified atom stereocenters. The fourth-order valence-corrected chi connectivity index (χ4v) is 9.42. The molecule has 0 heteroatoms. The van der Waals surface area contributed by atoms with Gasteiger partial charge in [0.1, 0.15) is 0 Å². The number of hydrogen-bond acceptors (Lipinski definition) is 0. The summed E-state index contributed by atoms with van der Waals surface area (Å²) in [4.78, 5) is 0. The van der Waals surface area contributed by atoms with E-state index >= 15 is 0 Å². The molecule has 0 bridgehead atoms. The first-order valence-corrected chi connectivity index (χ1v) is 16.7. The molecule has 4 aliphatic carbocycles. The van der Waals surface area contributed by atoms with Crippen LogP contribution in [0.5, 0.6) is 0 Å². The smallest absolute Gasteiger partial charge is 0.0266 e. The molecule has 0 aromatic carbocycles. The van der Waals surface area contributed by atoms with Crippen molar-refractivity contribution in [1.82, 2.24) is 0 Å². The molecule has 202 valence electrons. The van der Waals surface area contributed by atoms with E-state index in [-0.39, 0.29) is 0 Å². The average Bonchev–Trinajstić information content (AvgIpc) is 3.62. The van der Waals surface area contributed by atoms with Crippen LogP contribution in [0.4, 0.5) is 0 Å². The minimum atomic E-state index is 0.655. The Morgan fingerprint density at radius 2 is 1.09 bits per heavy atom. The molecule has 4 rings (SSSR count). The van der Waals surface area contributed by atoms with Gasteiger partial charge >= 0.3 is 0 Å². The first kappa shape index (κ1) is 30.2. The zero-order valence-corrected chi connectivity index (χ0v) is 24.8. The molecule has 0 N–H and O–H groups in total. The van der Waals surface area contributed by atoms with Crippen molar-refractivity contribution in [3.8, 4) is 0 Å². The van der Waals surface area contributed by atoms with Crippen LogP contribution < -0.4 is 0 Å². The predicted molar refractivity (Wildman–Crippen MR) is 154 cm³/mol. The minimum absolute atomic E-state index is 0.655. The minimum Gasteiger partial charge on any atom is -0.0683 e. The van der Waals surface area contributed by atoms with Crippen molar-refractivity contribution in [3.63, 3.8) is 0 Å². The van der Waals surface area contributed by atoms with Crippen LogP contribution in [0.1, 0.15) is 176 Å². The van der Waals surface area contributed by atoms with Gasteiger partial charge in [-0.05, 0) is 73.0 Å². The van der Waals surface area contributed by atoms with Crippen LogP contribution in [0.2, 0.25) is 0 Å². The summed E-state index contributed by atoms with van der Waals surface area (Å²) in [6, 6.07) is 0. The number of hydrogen-bond donors (Lipinski definition) is 0. The van der Waals surface area contributed by atoms with Gasteiger partial charge in [0.15, 0.2) is 0 Å². The molecule has 0 nitrogen and oxygen atoms in total. The second kappa shape index (κ2) is 16.7. The monoisotopic (exact) mass is 475 g/mol. The summed E-state index contributed by atoms with van der Waals surface area (Å²) in [5.74, 6) is 6.50. The van der Waals surface area contributed by atoms with Crippen LogP contribution in [0.15, 0.2) is 0 Å². The highest BCUT2D eigenvalue weighted by Gasteiger charge is 2.50. The van der Waals surface area contributed by atoms with Crippen molar-refractivity contribution in [2.75, 3.05) is 0 Å². The molecule has 4 saturated carbocycles. The second-order valence-electron chi connectivity index (χ2n) is 12.5. The van der Waals surface area contributed by atoms with E-state index in [2.05, 4.69) is 13.8 Å². The van der Waals surface area contributed by atoms with Gasteiger partial charge in [0.05, 0.1) is 0 Å². The highest BCUT2D eigenvalue weighted by Crippen LogP contribution is 2.59. The van der Waals surface area contributed by atoms with Crippen molar-refractivity contribution in [3.05, 3.63) is 0 Å². The van der Waals surface area contributed by atoms with Crippen LogP contribution in [-0.2, 0) is 0 Å². The lowest BCUT2D eigenvalue weighted by Crippen LogP contribution is -2.43. The highest BCUT2D eigenvalue weighted by atomic mass is 14.6. The third kappa shape index (κ3) is 7.75. The molecular formula is C34H66. The summed E-state index contributed by atoms with van der Waals surface area (Å²) in [7, 11) is 0. The summed E-state index contributed by atoms with van der Waals surface area (Å²) < 4.78 is 0. The summed E-state index contributed by atoms with van der Waals surface area (Å²) in [5, 5.41) is 0. The molecule has 0 amide bonds. The molecule has 0 spiro atoms. The van der Waals surface area contributed by atoms with Crippen LogP contribution in [-0.4, -0.2) is 0 Å². The van der Waals surface area contributed by atoms with Crippen molar-refractivity contribution >= 4 is 0 Å². The molecular weight excluding hydrogens is 408 g/mol. The first-order valence-electron chi connectivity index (χ1n) is 16.7.